The molecule has 0 amide bonds. The summed E-state index contributed by atoms with van der Waals surface area (Å²) in [5, 5.41) is 0. The highest BCUT2D eigenvalue weighted by Gasteiger charge is 2.30. The van der Waals surface area contributed by atoms with Gasteiger partial charge in [0.15, 0.2) is 11.5 Å². The lowest BCUT2D eigenvalue weighted by Crippen LogP contribution is -2.17. The number of carbonyl (C=O) groups excluding carboxylic acids is 1. The van der Waals surface area contributed by atoms with E-state index >= 15 is 0 Å². The van der Waals surface area contributed by atoms with Crippen molar-refractivity contribution in [3.05, 3.63) is 83.4 Å². The Bertz CT molecular complexity index is 1110. The van der Waals surface area contributed by atoms with Crippen molar-refractivity contribution >= 4 is 5.97 Å². The van der Waals surface area contributed by atoms with Crippen molar-refractivity contribution in [1.29, 1.82) is 0 Å². The zero-order chi connectivity index (χ0) is 25.3. The molecular formula is C26H25F3O6. The molecule has 0 saturated heterocycles. The summed E-state index contributed by atoms with van der Waals surface area (Å²) in [6, 6.07) is 17.6. The number of rotatable bonds is 11. The molecule has 0 spiro atoms. The Hall–Kier alpha value is -3.88. The van der Waals surface area contributed by atoms with Crippen LogP contribution in [0.2, 0.25) is 0 Å². The molecule has 0 radical (unpaired) electrons. The molecule has 0 fully saturated rings. The molecule has 6 nitrogen and oxygen atoms in total. The molecule has 3 aromatic rings. The molecule has 0 aromatic heterocycles. The number of hydrogen-bond donors (Lipinski definition) is 0. The summed E-state index contributed by atoms with van der Waals surface area (Å²) in [4.78, 5) is 12.2. The largest absolute Gasteiger partial charge is 0.573 e. The average Bonchev–Trinajstić information content (AvgIpc) is 2.83. The molecule has 0 aliphatic rings. The van der Waals surface area contributed by atoms with Crippen molar-refractivity contribution in [3.63, 3.8) is 0 Å². The van der Waals surface area contributed by atoms with E-state index in [1.54, 1.807) is 26.2 Å². The maximum Gasteiger partial charge on any atom is 0.573 e. The van der Waals surface area contributed by atoms with Crippen LogP contribution in [0.4, 0.5) is 13.2 Å². The van der Waals surface area contributed by atoms with Crippen LogP contribution in [0, 0.1) is 0 Å². The fraction of sp³-hybridized carbons (Fsp3) is 0.269. The maximum absolute atomic E-state index is 12.3. The van der Waals surface area contributed by atoms with Gasteiger partial charge in [0.2, 0.25) is 0 Å². The van der Waals surface area contributed by atoms with Gasteiger partial charge in [-0.15, -0.1) is 13.2 Å². The van der Waals surface area contributed by atoms with E-state index < -0.39 is 12.3 Å². The summed E-state index contributed by atoms with van der Waals surface area (Å²) >= 11 is 0. The Balaban J connectivity index is 1.71. The predicted octanol–water partition coefficient (Wildman–Crippen LogP) is 5.97. The van der Waals surface area contributed by atoms with Crippen LogP contribution < -0.4 is 18.9 Å². The number of esters is 1. The van der Waals surface area contributed by atoms with E-state index in [0.29, 0.717) is 29.0 Å². The van der Waals surface area contributed by atoms with Crippen LogP contribution in [0.1, 0.15) is 28.4 Å². The lowest BCUT2D eigenvalue weighted by molar-refractivity contribution is -0.274. The van der Waals surface area contributed by atoms with Gasteiger partial charge in [0.05, 0.1) is 25.9 Å². The van der Waals surface area contributed by atoms with Gasteiger partial charge in [0, 0.05) is 6.42 Å². The van der Waals surface area contributed by atoms with Gasteiger partial charge in [0.25, 0.3) is 0 Å². The SMILES string of the molecule is CCOC(=O)c1ccc(OCc2ccc(OC(F)(F)F)cc2)c(OCCc2ccccc2OC)c1. The third-order valence-electron chi connectivity index (χ3n) is 4.83. The van der Waals surface area contributed by atoms with Crippen LogP contribution in [-0.4, -0.2) is 32.7 Å². The molecule has 186 valence electrons. The number of methoxy groups -OCH3 is 1. The summed E-state index contributed by atoms with van der Waals surface area (Å²) in [5.41, 5.74) is 1.88. The second kappa shape index (κ2) is 12.0. The van der Waals surface area contributed by atoms with E-state index in [-0.39, 0.29) is 25.6 Å². The fourth-order valence-electron chi connectivity index (χ4n) is 3.21. The van der Waals surface area contributed by atoms with E-state index in [0.717, 1.165) is 11.3 Å². The first-order valence-electron chi connectivity index (χ1n) is 10.8. The van der Waals surface area contributed by atoms with Gasteiger partial charge < -0.3 is 23.7 Å². The van der Waals surface area contributed by atoms with E-state index in [4.69, 9.17) is 18.9 Å². The smallest absolute Gasteiger partial charge is 0.496 e. The number of hydrogen-bond acceptors (Lipinski definition) is 6. The quantitative estimate of drug-likeness (QED) is 0.309. The second-order valence-electron chi connectivity index (χ2n) is 7.27. The lowest BCUT2D eigenvalue weighted by atomic mass is 10.1. The first-order valence-corrected chi connectivity index (χ1v) is 10.8. The van der Waals surface area contributed by atoms with Crippen molar-refractivity contribution in [3.8, 4) is 23.0 Å². The van der Waals surface area contributed by atoms with Gasteiger partial charge in [-0.2, -0.15) is 0 Å². The summed E-state index contributed by atoms with van der Waals surface area (Å²) in [6.07, 6.45) is -4.21. The molecule has 0 heterocycles. The topological polar surface area (TPSA) is 63.2 Å². The molecule has 9 heteroatoms. The molecule has 0 bridgehead atoms. The molecular weight excluding hydrogens is 465 g/mol. The molecule has 3 rings (SSSR count). The van der Waals surface area contributed by atoms with Crippen molar-refractivity contribution < 1.29 is 41.7 Å². The number of carbonyl (C=O) groups is 1. The van der Waals surface area contributed by atoms with E-state index in [2.05, 4.69) is 4.74 Å². The van der Waals surface area contributed by atoms with Crippen molar-refractivity contribution in [2.45, 2.75) is 26.3 Å². The van der Waals surface area contributed by atoms with Crippen LogP contribution in [0.25, 0.3) is 0 Å². The van der Waals surface area contributed by atoms with Gasteiger partial charge in [-0.25, -0.2) is 4.79 Å². The summed E-state index contributed by atoms with van der Waals surface area (Å²) in [5.74, 6) is 0.635. The Morgan fingerprint density at radius 1 is 0.886 bits per heavy atom. The normalized spacial score (nSPS) is 11.0. The third kappa shape index (κ3) is 7.84. The van der Waals surface area contributed by atoms with Crippen LogP contribution in [0.3, 0.4) is 0 Å². The van der Waals surface area contributed by atoms with Crippen molar-refractivity contribution in [1.82, 2.24) is 0 Å². The minimum atomic E-state index is -4.76. The maximum atomic E-state index is 12.3. The van der Waals surface area contributed by atoms with Gasteiger partial charge >= 0.3 is 12.3 Å². The molecule has 0 aliphatic heterocycles. The fourth-order valence-corrected chi connectivity index (χ4v) is 3.21. The summed E-state index contributed by atoms with van der Waals surface area (Å²) in [6.45, 7) is 2.29. The number of alkyl halides is 3. The van der Waals surface area contributed by atoms with Crippen molar-refractivity contribution in [2.75, 3.05) is 20.3 Å². The Morgan fingerprint density at radius 3 is 2.31 bits per heavy atom. The van der Waals surface area contributed by atoms with E-state index in [1.165, 1.54) is 30.3 Å². The van der Waals surface area contributed by atoms with Crippen LogP contribution in [0.15, 0.2) is 66.7 Å². The predicted molar refractivity (Wildman–Crippen MR) is 122 cm³/mol. The molecule has 35 heavy (non-hydrogen) atoms. The number of ether oxygens (including phenoxy) is 5. The van der Waals surface area contributed by atoms with Gasteiger partial charge in [-0.05, 0) is 54.4 Å². The minimum Gasteiger partial charge on any atom is -0.496 e. The molecule has 0 aliphatic carbocycles. The highest BCUT2D eigenvalue weighted by atomic mass is 19.4. The molecule has 0 saturated carbocycles. The monoisotopic (exact) mass is 490 g/mol. The Labute approximate surface area is 201 Å². The highest BCUT2D eigenvalue weighted by molar-refractivity contribution is 5.90. The highest BCUT2D eigenvalue weighted by Crippen LogP contribution is 2.31. The summed E-state index contributed by atoms with van der Waals surface area (Å²) < 4.78 is 63.1. The van der Waals surface area contributed by atoms with E-state index in [1.807, 2.05) is 24.3 Å². The van der Waals surface area contributed by atoms with Crippen LogP contribution in [0.5, 0.6) is 23.0 Å². The van der Waals surface area contributed by atoms with Crippen molar-refractivity contribution in [2.24, 2.45) is 0 Å². The van der Waals surface area contributed by atoms with Gasteiger partial charge in [-0.3, -0.25) is 0 Å². The number of halogens is 3. The number of para-hydroxylation sites is 1. The number of benzene rings is 3. The lowest BCUT2D eigenvalue weighted by Gasteiger charge is -2.15. The molecule has 0 atom stereocenters. The van der Waals surface area contributed by atoms with Gasteiger partial charge in [0.1, 0.15) is 18.1 Å². The van der Waals surface area contributed by atoms with Crippen LogP contribution in [-0.2, 0) is 17.8 Å². The minimum absolute atomic E-state index is 0.0634. The average molecular weight is 490 g/mol. The van der Waals surface area contributed by atoms with Gasteiger partial charge in [-0.1, -0.05) is 30.3 Å². The van der Waals surface area contributed by atoms with Crippen LogP contribution >= 0.6 is 0 Å². The Morgan fingerprint density at radius 2 is 1.63 bits per heavy atom. The zero-order valence-corrected chi connectivity index (χ0v) is 19.3. The zero-order valence-electron chi connectivity index (χ0n) is 19.3. The van der Waals surface area contributed by atoms with E-state index in [9.17, 15) is 18.0 Å². The molecule has 0 unspecified atom stereocenters. The first-order chi connectivity index (χ1) is 16.8. The Kier molecular flexibility index (Phi) is 8.83. The molecule has 0 N–H and O–H groups in total. The first kappa shape index (κ1) is 25.7. The standard InChI is InChI=1S/C26H25F3O6/c1-3-32-25(30)20-10-13-23(34-17-18-8-11-21(12-9-18)35-26(27,28)29)24(16-20)33-15-14-19-6-4-5-7-22(19)31-2/h4-13,16H,3,14-15,17H2,1-2H3. The third-order valence-corrected chi connectivity index (χ3v) is 4.83. The molecule has 3 aromatic carbocycles. The summed E-state index contributed by atoms with van der Waals surface area (Å²) in [7, 11) is 1.59. The second-order valence-corrected chi connectivity index (χ2v) is 7.27.